The average Bonchev–Trinajstić information content (AvgIpc) is 2.57. The minimum atomic E-state index is 0. The Morgan fingerprint density at radius 2 is 1.73 bits per heavy atom. The number of aliphatic imine (C=N–C) groups is 1. The molecule has 2 heterocycles. The number of nitrogens with one attached hydrogen (secondary N) is 1. The van der Waals surface area contributed by atoms with Crippen LogP contribution in [0.2, 0.25) is 0 Å². The van der Waals surface area contributed by atoms with Gasteiger partial charge in [-0.2, -0.15) is 0 Å². The van der Waals surface area contributed by atoms with Gasteiger partial charge in [0.15, 0.2) is 5.96 Å². The van der Waals surface area contributed by atoms with Crippen LogP contribution in [0.25, 0.3) is 0 Å². The second-order valence-corrected chi connectivity index (χ2v) is 8.76. The fourth-order valence-corrected chi connectivity index (χ4v) is 4.33. The molecule has 0 radical (unpaired) electrons. The number of guanidine groups is 1. The molecule has 26 heavy (non-hydrogen) atoms. The minimum absolute atomic E-state index is 0. The first-order chi connectivity index (χ1) is 11.9. The van der Waals surface area contributed by atoms with Crippen LogP contribution in [-0.2, 0) is 4.74 Å². The molecule has 5 nitrogen and oxygen atoms in total. The first-order valence-corrected chi connectivity index (χ1v) is 10.2. The number of likely N-dealkylation sites (tertiary alicyclic amines) is 2. The van der Waals surface area contributed by atoms with Crippen molar-refractivity contribution in [3.8, 4) is 0 Å². The number of methoxy groups -OCH3 is 1. The maximum atomic E-state index is 5.51. The summed E-state index contributed by atoms with van der Waals surface area (Å²) >= 11 is 0. The maximum absolute atomic E-state index is 5.51. The second-order valence-electron chi connectivity index (χ2n) is 8.76. The van der Waals surface area contributed by atoms with Crippen LogP contribution in [0, 0.1) is 11.8 Å². The second kappa shape index (κ2) is 11.1. The Bertz CT molecular complexity index is 426. The molecule has 2 aliphatic rings. The summed E-state index contributed by atoms with van der Waals surface area (Å²) < 4.78 is 5.51. The van der Waals surface area contributed by atoms with Gasteiger partial charge in [-0.1, -0.05) is 13.8 Å². The van der Waals surface area contributed by atoms with Gasteiger partial charge in [0.05, 0.1) is 12.6 Å². The van der Waals surface area contributed by atoms with Crippen molar-refractivity contribution in [2.75, 3.05) is 46.4 Å². The van der Waals surface area contributed by atoms with Crippen molar-refractivity contribution < 1.29 is 4.74 Å². The summed E-state index contributed by atoms with van der Waals surface area (Å²) in [4.78, 5) is 10.1. The standard InChI is InChI=1S/C20H40N4O.HI/c1-7-21-19(23-13-16(2)12-17(3)14-23)22-15-20(4,5)24-10-8-18(25-6)9-11-24;/h16-18H,7-15H2,1-6H3,(H,21,22);1H. The fourth-order valence-electron chi connectivity index (χ4n) is 4.33. The Balaban J connectivity index is 0.00000338. The lowest BCUT2D eigenvalue weighted by Crippen LogP contribution is -2.52. The molecule has 0 aromatic rings. The predicted molar refractivity (Wildman–Crippen MR) is 122 cm³/mol. The summed E-state index contributed by atoms with van der Waals surface area (Å²) in [5, 5.41) is 3.52. The molecule has 0 saturated carbocycles. The number of nitrogens with zero attached hydrogens (tertiary/aromatic N) is 3. The SMILES string of the molecule is CCNC(=NCC(C)(C)N1CCC(OC)CC1)N1CC(C)CC(C)C1.I. The zero-order valence-electron chi connectivity index (χ0n) is 17.8. The molecule has 0 aliphatic carbocycles. The zero-order valence-corrected chi connectivity index (χ0v) is 20.1. The van der Waals surface area contributed by atoms with Crippen molar-refractivity contribution in [2.45, 2.75) is 65.5 Å². The highest BCUT2D eigenvalue weighted by Crippen LogP contribution is 2.24. The van der Waals surface area contributed by atoms with E-state index in [1.54, 1.807) is 0 Å². The van der Waals surface area contributed by atoms with E-state index in [2.05, 4.69) is 49.7 Å². The van der Waals surface area contributed by atoms with Gasteiger partial charge in [-0.3, -0.25) is 9.89 Å². The van der Waals surface area contributed by atoms with E-state index in [9.17, 15) is 0 Å². The van der Waals surface area contributed by atoms with Crippen molar-refractivity contribution >= 4 is 29.9 Å². The Labute approximate surface area is 178 Å². The molecule has 0 aromatic heterocycles. The molecule has 1 N–H and O–H groups in total. The van der Waals surface area contributed by atoms with Gasteiger partial charge in [0.25, 0.3) is 0 Å². The number of piperidine rings is 2. The van der Waals surface area contributed by atoms with Crippen molar-refractivity contribution in [1.82, 2.24) is 15.1 Å². The van der Waals surface area contributed by atoms with E-state index in [-0.39, 0.29) is 29.5 Å². The summed E-state index contributed by atoms with van der Waals surface area (Å²) in [5.74, 6) is 2.59. The summed E-state index contributed by atoms with van der Waals surface area (Å²) in [6, 6.07) is 0. The Kier molecular flexibility index (Phi) is 10.2. The van der Waals surface area contributed by atoms with Crippen LogP contribution in [0.4, 0.5) is 0 Å². The number of hydrogen-bond acceptors (Lipinski definition) is 3. The van der Waals surface area contributed by atoms with Gasteiger partial charge in [-0.15, -0.1) is 24.0 Å². The highest BCUT2D eigenvalue weighted by atomic mass is 127. The maximum Gasteiger partial charge on any atom is 0.193 e. The molecule has 2 atom stereocenters. The first kappa shape index (κ1) is 24.0. The molecule has 0 aromatic carbocycles. The van der Waals surface area contributed by atoms with Crippen molar-refractivity contribution in [3.05, 3.63) is 0 Å². The lowest BCUT2D eigenvalue weighted by Gasteiger charge is -2.42. The Hall–Kier alpha value is -0.0800. The molecule has 2 saturated heterocycles. The number of halogens is 1. The molecule has 2 unspecified atom stereocenters. The monoisotopic (exact) mass is 480 g/mol. The lowest BCUT2D eigenvalue weighted by molar-refractivity contribution is 0.00901. The van der Waals surface area contributed by atoms with Gasteiger partial charge in [-0.25, -0.2) is 0 Å². The molecule has 154 valence electrons. The van der Waals surface area contributed by atoms with Gasteiger partial charge in [-0.05, 0) is 51.9 Å². The van der Waals surface area contributed by atoms with Crippen LogP contribution in [0.15, 0.2) is 4.99 Å². The van der Waals surface area contributed by atoms with E-state index in [0.29, 0.717) is 6.10 Å². The molecule has 0 spiro atoms. The van der Waals surface area contributed by atoms with Crippen molar-refractivity contribution in [1.29, 1.82) is 0 Å². The summed E-state index contributed by atoms with van der Waals surface area (Å²) in [6.07, 6.45) is 4.02. The van der Waals surface area contributed by atoms with Gasteiger partial charge in [0, 0.05) is 45.4 Å². The van der Waals surface area contributed by atoms with Crippen LogP contribution in [0.3, 0.4) is 0 Å². The van der Waals surface area contributed by atoms with E-state index >= 15 is 0 Å². The predicted octanol–water partition coefficient (Wildman–Crippen LogP) is 3.44. The van der Waals surface area contributed by atoms with Gasteiger partial charge in [0.2, 0.25) is 0 Å². The number of ether oxygens (including phenoxy) is 1. The quantitative estimate of drug-likeness (QED) is 0.372. The summed E-state index contributed by atoms with van der Waals surface area (Å²) in [5.41, 5.74) is 0.0897. The molecular formula is C20H41IN4O. The van der Waals surface area contributed by atoms with Gasteiger partial charge in [0.1, 0.15) is 0 Å². The van der Waals surface area contributed by atoms with Crippen molar-refractivity contribution in [3.63, 3.8) is 0 Å². The van der Waals surface area contributed by atoms with Crippen molar-refractivity contribution in [2.24, 2.45) is 16.8 Å². The summed E-state index contributed by atoms with van der Waals surface area (Å²) in [7, 11) is 1.83. The van der Waals surface area contributed by atoms with Crippen LogP contribution >= 0.6 is 24.0 Å². The van der Waals surface area contributed by atoms with E-state index in [1.165, 1.54) is 6.42 Å². The number of rotatable bonds is 5. The zero-order chi connectivity index (χ0) is 18.4. The van der Waals surface area contributed by atoms with E-state index in [0.717, 1.165) is 69.9 Å². The lowest BCUT2D eigenvalue weighted by atomic mass is 9.92. The van der Waals surface area contributed by atoms with Crippen LogP contribution in [0.5, 0.6) is 0 Å². The van der Waals surface area contributed by atoms with Gasteiger partial charge < -0.3 is 15.0 Å². The van der Waals surface area contributed by atoms with Crippen LogP contribution < -0.4 is 5.32 Å². The topological polar surface area (TPSA) is 40.1 Å². The van der Waals surface area contributed by atoms with E-state index < -0.39 is 0 Å². The largest absolute Gasteiger partial charge is 0.381 e. The summed E-state index contributed by atoms with van der Waals surface area (Å²) in [6.45, 7) is 17.8. The third-order valence-electron chi connectivity index (χ3n) is 5.75. The van der Waals surface area contributed by atoms with Gasteiger partial charge >= 0.3 is 0 Å². The van der Waals surface area contributed by atoms with Crippen LogP contribution in [-0.4, -0.2) is 73.8 Å². The highest BCUT2D eigenvalue weighted by Gasteiger charge is 2.31. The average molecular weight is 480 g/mol. The molecule has 2 aliphatic heterocycles. The molecule has 2 fully saturated rings. The highest BCUT2D eigenvalue weighted by molar-refractivity contribution is 14.0. The molecule has 6 heteroatoms. The fraction of sp³-hybridized carbons (Fsp3) is 0.950. The van der Waals surface area contributed by atoms with E-state index in [4.69, 9.17) is 9.73 Å². The third kappa shape index (κ3) is 6.82. The normalized spacial score (nSPS) is 26.5. The molecule has 0 bridgehead atoms. The third-order valence-corrected chi connectivity index (χ3v) is 5.75. The Morgan fingerprint density at radius 3 is 2.23 bits per heavy atom. The number of hydrogen-bond donors (Lipinski definition) is 1. The van der Waals surface area contributed by atoms with E-state index in [1.807, 2.05) is 7.11 Å². The smallest absolute Gasteiger partial charge is 0.193 e. The molecule has 0 amide bonds. The molecule has 2 rings (SSSR count). The minimum Gasteiger partial charge on any atom is -0.381 e. The first-order valence-electron chi connectivity index (χ1n) is 10.2. The molecular weight excluding hydrogens is 439 g/mol. The Morgan fingerprint density at radius 1 is 1.15 bits per heavy atom. The van der Waals surface area contributed by atoms with Crippen LogP contribution in [0.1, 0.15) is 53.9 Å².